The van der Waals surface area contributed by atoms with E-state index in [4.69, 9.17) is 10.2 Å². The van der Waals surface area contributed by atoms with Crippen LogP contribution >= 0.6 is 0 Å². The molecule has 2 aromatic heterocycles. The van der Waals surface area contributed by atoms with E-state index in [2.05, 4.69) is 4.98 Å². The summed E-state index contributed by atoms with van der Waals surface area (Å²) in [5, 5.41) is 0. The molecule has 16 heavy (non-hydrogen) atoms. The lowest BCUT2D eigenvalue weighted by atomic mass is 10.3. The first kappa shape index (κ1) is 10.2. The van der Waals surface area contributed by atoms with Gasteiger partial charge in [-0.1, -0.05) is 0 Å². The molecule has 0 aromatic carbocycles. The van der Waals surface area contributed by atoms with Crippen molar-refractivity contribution >= 4 is 17.4 Å². The number of nitrogens with two attached hydrogens (primary N) is 1. The van der Waals surface area contributed by atoms with Crippen LogP contribution in [0, 0.1) is 0 Å². The third-order valence-electron chi connectivity index (χ3n) is 2.17. The predicted molar refractivity (Wildman–Crippen MR) is 60.1 cm³/mol. The highest BCUT2D eigenvalue weighted by atomic mass is 16.3. The first-order chi connectivity index (χ1) is 7.70. The minimum Gasteiger partial charge on any atom is -0.459 e. The van der Waals surface area contributed by atoms with Crippen LogP contribution in [0.15, 0.2) is 41.1 Å². The lowest BCUT2D eigenvalue weighted by Crippen LogP contribution is -2.27. The maximum absolute atomic E-state index is 11.9. The van der Waals surface area contributed by atoms with Gasteiger partial charge in [0.25, 0.3) is 5.91 Å². The zero-order valence-corrected chi connectivity index (χ0v) is 8.75. The van der Waals surface area contributed by atoms with E-state index < -0.39 is 0 Å². The van der Waals surface area contributed by atoms with Crippen LogP contribution in [0.3, 0.4) is 0 Å². The average molecular weight is 217 g/mol. The molecule has 0 atom stereocenters. The molecule has 82 valence electrons. The molecule has 2 aromatic rings. The molecule has 0 bridgehead atoms. The van der Waals surface area contributed by atoms with Crippen LogP contribution in [0.5, 0.6) is 0 Å². The largest absolute Gasteiger partial charge is 0.459 e. The SMILES string of the molecule is CN(C(=O)c1ccco1)c1ncccc1N. The molecule has 5 heteroatoms. The summed E-state index contributed by atoms with van der Waals surface area (Å²) < 4.78 is 5.02. The first-order valence-electron chi connectivity index (χ1n) is 4.72. The van der Waals surface area contributed by atoms with Gasteiger partial charge in [0.2, 0.25) is 0 Å². The number of amides is 1. The number of furan rings is 1. The van der Waals surface area contributed by atoms with Crippen LogP contribution in [0.25, 0.3) is 0 Å². The second kappa shape index (κ2) is 4.06. The van der Waals surface area contributed by atoms with Crippen molar-refractivity contribution in [3.05, 3.63) is 42.5 Å². The summed E-state index contributed by atoms with van der Waals surface area (Å²) in [5.74, 6) is 0.395. The topological polar surface area (TPSA) is 72.4 Å². The van der Waals surface area contributed by atoms with Crippen LogP contribution in [0.2, 0.25) is 0 Å². The third-order valence-corrected chi connectivity index (χ3v) is 2.17. The minimum atomic E-state index is -0.282. The van der Waals surface area contributed by atoms with E-state index in [0.717, 1.165) is 0 Å². The summed E-state index contributed by atoms with van der Waals surface area (Å²) >= 11 is 0. The second-order valence-corrected chi connectivity index (χ2v) is 3.26. The molecule has 0 aliphatic rings. The summed E-state index contributed by atoms with van der Waals surface area (Å²) in [6.07, 6.45) is 3.03. The van der Waals surface area contributed by atoms with E-state index in [9.17, 15) is 4.79 Å². The Morgan fingerprint density at radius 1 is 1.44 bits per heavy atom. The van der Waals surface area contributed by atoms with Crippen LogP contribution in [-0.4, -0.2) is 17.9 Å². The molecule has 2 rings (SSSR count). The fourth-order valence-electron chi connectivity index (χ4n) is 1.35. The standard InChI is InChI=1S/C11H11N3O2/c1-14(10-8(12)4-2-6-13-10)11(15)9-5-3-7-16-9/h2-7H,12H2,1H3. The van der Waals surface area contributed by atoms with Crippen molar-refractivity contribution in [3.63, 3.8) is 0 Å². The Balaban J connectivity index is 2.30. The fourth-order valence-corrected chi connectivity index (χ4v) is 1.35. The van der Waals surface area contributed by atoms with Gasteiger partial charge in [0.1, 0.15) is 0 Å². The van der Waals surface area contributed by atoms with Crippen molar-refractivity contribution in [2.75, 3.05) is 17.7 Å². The van der Waals surface area contributed by atoms with Gasteiger partial charge in [-0.3, -0.25) is 9.69 Å². The number of pyridine rings is 1. The molecular formula is C11H11N3O2. The number of carbonyl (C=O) groups is 1. The molecule has 0 aliphatic carbocycles. The molecule has 0 fully saturated rings. The van der Waals surface area contributed by atoms with Gasteiger partial charge in [-0.05, 0) is 24.3 Å². The van der Waals surface area contributed by atoms with Crippen molar-refractivity contribution in [2.24, 2.45) is 0 Å². The number of hydrogen-bond donors (Lipinski definition) is 1. The van der Waals surface area contributed by atoms with E-state index in [0.29, 0.717) is 11.5 Å². The highest BCUT2D eigenvalue weighted by molar-refractivity contribution is 6.04. The molecule has 1 amide bonds. The van der Waals surface area contributed by atoms with Gasteiger partial charge in [-0.25, -0.2) is 4.98 Å². The van der Waals surface area contributed by atoms with Crippen molar-refractivity contribution in [1.29, 1.82) is 0 Å². The molecule has 0 aliphatic heterocycles. The van der Waals surface area contributed by atoms with Crippen LogP contribution < -0.4 is 10.6 Å². The lowest BCUT2D eigenvalue weighted by Gasteiger charge is -2.16. The van der Waals surface area contributed by atoms with Gasteiger partial charge in [-0.2, -0.15) is 0 Å². The molecule has 0 unspecified atom stereocenters. The highest BCUT2D eigenvalue weighted by Crippen LogP contribution is 2.19. The normalized spacial score (nSPS) is 10.1. The van der Waals surface area contributed by atoms with Gasteiger partial charge >= 0.3 is 0 Å². The number of carbonyl (C=O) groups excluding carboxylic acids is 1. The number of nitrogens with zero attached hydrogens (tertiary/aromatic N) is 2. The summed E-state index contributed by atoms with van der Waals surface area (Å²) in [5.41, 5.74) is 6.17. The predicted octanol–water partition coefficient (Wildman–Crippen LogP) is 1.53. The molecule has 0 saturated carbocycles. The van der Waals surface area contributed by atoms with Crippen molar-refractivity contribution in [3.8, 4) is 0 Å². The van der Waals surface area contributed by atoms with Crippen LogP contribution in [0.4, 0.5) is 11.5 Å². The summed E-state index contributed by atoms with van der Waals surface area (Å²) in [6.45, 7) is 0. The van der Waals surface area contributed by atoms with Crippen molar-refractivity contribution in [2.45, 2.75) is 0 Å². The quantitative estimate of drug-likeness (QED) is 0.828. The number of rotatable bonds is 2. The van der Waals surface area contributed by atoms with Gasteiger partial charge in [0.05, 0.1) is 12.0 Å². The molecular weight excluding hydrogens is 206 g/mol. The first-order valence-corrected chi connectivity index (χ1v) is 4.72. The molecule has 0 spiro atoms. The molecule has 0 saturated heterocycles. The smallest absolute Gasteiger partial charge is 0.294 e. The summed E-state index contributed by atoms with van der Waals surface area (Å²) in [7, 11) is 1.60. The van der Waals surface area contributed by atoms with Gasteiger partial charge in [0, 0.05) is 13.2 Å². The Kier molecular flexibility index (Phi) is 2.59. The van der Waals surface area contributed by atoms with E-state index in [1.165, 1.54) is 11.2 Å². The number of anilines is 2. The third kappa shape index (κ3) is 1.75. The van der Waals surface area contributed by atoms with Gasteiger partial charge < -0.3 is 10.2 Å². The highest BCUT2D eigenvalue weighted by Gasteiger charge is 2.18. The zero-order chi connectivity index (χ0) is 11.5. The number of aromatic nitrogens is 1. The summed E-state index contributed by atoms with van der Waals surface area (Å²) in [6, 6.07) is 6.65. The van der Waals surface area contributed by atoms with Crippen molar-refractivity contribution in [1.82, 2.24) is 4.98 Å². The average Bonchev–Trinajstić information content (AvgIpc) is 2.81. The fraction of sp³-hybridized carbons (Fsp3) is 0.0909. The van der Waals surface area contributed by atoms with E-state index in [-0.39, 0.29) is 11.7 Å². The maximum Gasteiger partial charge on any atom is 0.294 e. The minimum absolute atomic E-state index is 0.257. The number of hydrogen-bond acceptors (Lipinski definition) is 4. The van der Waals surface area contributed by atoms with Gasteiger partial charge in [0.15, 0.2) is 11.6 Å². The Labute approximate surface area is 92.5 Å². The Bertz CT molecular complexity index is 494. The van der Waals surface area contributed by atoms with Crippen LogP contribution in [0.1, 0.15) is 10.6 Å². The van der Waals surface area contributed by atoms with Gasteiger partial charge in [-0.15, -0.1) is 0 Å². The summed E-state index contributed by atoms with van der Waals surface area (Å²) in [4.78, 5) is 17.3. The number of nitrogen functional groups attached to an aromatic ring is 1. The molecule has 5 nitrogen and oxygen atoms in total. The van der Waals surface area contributed by atoms with Crippen molar-refractivity contribution < 1.29 is 9.21 Å². The molecule has 2 heterocycles. The van der Waals surface area contributed by atoms with E-state index >= 15 is 0 Å². The Hall–Kier alpha value is -2.30. The van der Waals surface area contributed by atoms with E-state index in [1.807, 2.05) is 0 Å². The second-order valence-electron chi connectivity index (χ2n) is 3.26. The Morgan fingerprint density at radius 3 is 2.88 bits per heavy atom. The zero-order valence-electron chi connectivity index (χ0n) is 8.75. The molecule has 0 radical (unpaired) electrons. The Morgan fingerprint density at radius 2 is 2.25 bits per heavy atom. The molecule has 2 N–H and O–H groups in total. The lowest BCUT2D eigenvalue weighted by molar-refractivity contribution is 0.0966. The monoisotopic (exact) mass is 217 g/mol. The van der Waals surface area contributed by atoms with E-state index in [1.54, 1.807) is 37.5 Å². The maximum atomic E-state index is 11.9. The van der Waals surface area contributed by atoms with Crippen LogP contribution in [-0.2, 0) is 0 Å².